The number of anilines is 1. The van der Waals surface area contributed by atoms with Crippen molar-refractivity contribution in [2.75, 3.05) is 4.90 Å². The number of hydrogen-bond acceptors (Lipinski definition) is 4. The average molecular weight is 376 g/mol. The van der Waals surface area contributed by atoms with Gasteiger partial charge in [-0.1, -0.05) is 18.2 Å². The lowest BCUT2D eigenvalue weighted by Crippen LogP contribution is -2.31. The van der Waals surface area contributed by atoms with Crippen molar-refractivity contribution < 1.29 is 36.3 Å². The van der Waals surface area contributed by atoms with Crippen molar-refractivity contribution in [1.29, 1.82) is 0 Å². The fraction of sp³-hybridized carbons (Fsp3) is 0.214. The number of urea groups is 1. The Morgan fingerprint density at radius 1 is 1.15 bits per heavy atom. The summed E-state index contributed by atoms with van der Waals surface area (Å²) in [7, 11) is 0. The first-order valence-corrected chi connectivity index (χ1v) is 7.00. The van der Waals surface area contributed by atoms with E-state index in [1.54, 1.807) is 0 Å². The Morgan fingerprint density at radius 3 is 2.46 bits per heavy atom. The number of aromatic nitrogens is 2. The molecule has 0 spiro atoms. The number of rotatable bonds is 4. The van der Waals surface area contributed by atoms with E-state index in [2.05, 4.69) is 15.2 Å². The molecule has 0 aliphatic carbocycles. The number of nitrogens with one attached hydrogen (secondary N) is 1. The molecule has 2 aromatic rings. The maximum Gasteiger partial charge on any atom is 0.573 e. The molecule has 1 aromatic carbocycles. The molecule has 2 heterocycles. The third kappa shape index (κ3) is 3.30. The van der Waals surface area contributed by atoms with Crippen LogP contribution in [-0.4, -0.2) is 28.1 Å². The second-order valence-corrected chi connectivity index (χ2v) is 5.07. The minimum absolute atomic E-state index is 0.226. The lowest BCUT2D eigenvalue weighted by Gasteiger charge is -2.16. The van der Waals surface area contributed by atoms with Crippen molar-refractivity contribution in [2.24, 2.45) is 0 Å². The summed E-state index contributed by atoms with van der Waals surface area (Å²) in [6.07, 6.45) is -4.15. The SMILES string of the molecule is O=C1NC(c2ccccc2OC(F)(F)F)C(=O)N1c1ccn(C(F)F)n1. The van der Waals surface area contributed by atoms with Crippen LogP contribution in [0.15, 0.2) is 36.5 Å². The van der Waals surface area contributed by atoms with Crippen LogP contribution >= 0.6 is 0 Å². The number of amides is 3. The molecule has 1 unspecified atom stereocenters. The Hall–Kier alpha value is -3.18. The molecule has 12 heteroatoms. The molecular weight excluding hydrogens is 367 g/mol. The number of para-hydroxylation sites is 1. The number of imide groups is 1. The van der Waals surface area contributed by atoms with E-state index in [0.29, 0.717) is 4.90 Å². The first-order chi connectivity index (χ1) is 12.2. The van der Waals surface area contributed by atoms with E-state index >= 15 is 0 Å². The summed E-state index contributed by atoms with van der Waals surface area (Å²) in [4.78, 5) is 25.0. The number of carbonyl (C=O) groups is 2. The van der Waals surface area contributed by atoms with Crippen LogP contribution in [0.2, 0.25) is 0 Å². The molecule has 1 aromatic heterocycles. The maximum absolute atomic E-state index is 12.6. The van der Waals surface area contributed by atoms with Crippen LogP contribution in [0.3, 0.4) is 0 Å². The molecular formula is C14H9F5N4O3. The zero-order chi connectivity index (χ0) is 19.1. The highest BCUT2D eigenvalue weighted by Gasteiger charge is 2.43. The Labute approximate surface area is 141 Å². The summed E-state index contributed by atoms with van der Waals surface area (Å²) in [6.45, 7) is -2.98. The summed E-state index contributed by atoms with van der Waals surface area (Å²) in [6, 6.07) is 3.27. The topological polar surface area (TPSA) is 76.5 Å². The van der Waals surface area contributed by atoms with Gasteiger partial charge in [-0.15, -0.1) is 18.3 Å². The molecule has 3 rings (SSSR count). The molecule has 1 atom stereocenters. The van der Waals surface area contributed by atoms with Gasteiger partial charge in [0.1, 0.15) is 11.8 Å². The largest absolute Gasteiger partial charge is 0.573 e. The third-order valence-corrected chi connectivity index (χ3v) is 3.42. The maximum atomic E-state index is 12.6. The van der Waals surface area contributed by atoms with Crippen molar-refractivity contribution >= 4 is 17.8 Å². The smallest absolute Gasteiger partial charge is 0.405 e. The van der Waals surface area contributed by atoms with Gasteiger partial charge in [-0.05, 0) is 6.07 Å². The van der Waals surface area contributed by atoms with Gasteiger partial charge < -0.3 is 10.1 Å². The van der Waals surface area contributed by atoms with E-state index in [1.807, 2.05) is 0 Å². The van der Waals surface area contributed by atoms with Gasteiger partial charge in [0.2, 0.25) is 0 Å². The Bertz CT molecular complexity index is 851. The molecule has 1 N–H and O–H groups in total. The first-order valence-electron chi connectivity index (χ1n) is 7.00. The lowest BCUT2D eigenvalue weighted by molar-refractivity contribution is -0.275. The zero-order valence-corrected chi connectivity index (χ0v) is 12.6. The van der Waals surface area contributed by atoms with E-state index in [1.165, 1.54) is 18.2 Å². The molecule has 138 valence electrons. The van der Waals surface area contributed by atoms with Crippen molar-refractivity contribution in [1.82, 2.24) is 15.1 Å². The van der Waals surface area contributed by atoms with Gasteiger partial charge in [-0.25, -0.2) is 14.4 Å². The number of hydrogen-bond donors (Lipinski definition) is 1. The van der Waals surface area contributed by atoms with E-state index in [9.17, 15) is 31.5 Å². The molecule has 26 heavy (non-hydrogen) atoms. The van der Waals surface area contributed by atoms with Crippen LogP contribution in [0.25, 0.3) is 0 Å². The van der Waals surface area contributed by atoms with Crippen molar-refractivity contribution in [3.8, 4) is 5.75 Å². The van der Waals surface area contributed by atoms with Crippen LogP contribution < -0.4 is 15.0 Å². The quantitative estimate of drug-likeness (QED) is 0.658. The van der Waals surface area contributed by atoms with Crippen molar-refractivity contribution in [3.63, 3.8) is 0 Å². The summed E-state index contributed by atoms with van der Waals surface area (Å²) >= 11 is 0. The second-order valence-electron chi connectivity index (χ2n) is 5.07. The molecule has 0 radical (unpaired) electrons. The minimum Gasteiger partial charge on any atom is -0.405 e. The predicted octanol–water partition coefficient (Wildman–Crippen LogP) is 2.97. The highest BCUT2D eigenvalue weighted by atomic mass is 19.4. The van der Waals surface area contributed by atoms with Gasteiger partial charge in [-0.3, -0.25) is 4.79 Å². The molecule has 1 saturated heterocycles. The summed E-state index contributed by atoms with van der Waals surface area (Å²) in [5.74, 6) is -2.03. The van der Waals surface area contributed by atoms with Crippen LogP contribution in [0.4, 0.5) is 32.6 Å². The Balaban J connectivity index is 1.92. The molecule has 7 nitrogen and oxygen atoms in total. The molecule has 1 fully saturated rings. The molecule has 0 saturated carbocycles. The normalized spacial score (nSPS) is 17.8. The number of benzene rings is 1. The third-order valence-electron chi connectivity index (χ3n) is 3.42. The van der Waals surface area contributed by atoms with Gasteiger partial charge in [0.05, 0.1) is 0 Å². The minimum atomic E-state index is -5.00. The molecule has 0 bridgehead atoms. The van der Waals surface area contributed by atoms with Crippen molar-refractivity contribution in [2.45, 2.75) is 19.0 Å². The van der Waals surface area contributed by atoms with Gasteiger partial charge in [-0.2, -0.15) is 8.78 Å². The van der Waals surface area contributed by atoms with Gasteiger partial charge in [0.25, 0.3) is 5.91 Å². The average Bonchev–Trinajstić information content (AvgIpc) is 3.11. The fourth-order valence-corrected chi connectivity index (χ4v) is 2.40. The lowest BCUT2D eigenvalue weighted by atomic mass is 10.1. The fourth-order valence-electron chi connectivity index (χ4n) is 2.40. The Kier molecular flexibility index (Phi) is 4.26. The standard InChI is InChI=1S/C14H9F5N4O3/c15-12(16)22-6-5-9(21-22)23-11(24)10(20-13(23)25)7-3-1-2-4-8(7)26-14(17,18)19/h1-6,10,12H,(H,20,25). The number of halogens is 5. The van der Waals surface area contributed by atoms with E-state index in [4.69, 9.17) is 0 Å². The zero-order valence-electron chi connectivity index (χ0n) is 12.6. The molecule has 3 amide bonds. The number of carbonyl (C=O) groups excluding carboxylic acids is 2. The monoisotopic (exact) mass is 376 g/mol. The van der Waals surface area contributed by atoms with Crippen LogP contribution in [0.1, 0.15) is 18.2 Å². The molecule has 1 aliphatic heterocycles. The van der Waals surface area contributed by atoms with Crippen LogP contribution in [0, 0.1) is 0 Å². The predicted molar refractivity (Wildman–Crippen MR) is 75.4 cm³/mol. The highest BCUT2D eigenvalue weighted by Crippen LogP contribution is 2.34. The number of ether oxygens (including phenoxy) is 1. The summed E-state index contributed by atoms with van der Waals surface area (Å²) in [5, 5.41) is 5.59. The van der Waals surface area contributed by atoms with Gasteiger partial charge in [0, 0.05) is 17.8 Å². The van der Waals surface area contributed by atoms with Crippen molar-refractivity contribution in [3.05, 3.63) is 42.1 Å². The van der Waals surface area contributed by atoms with E-state index in [-0.39, 0.29) is 16.1 Å². The van der Waals surface area contributed by atoms with Crippen LogP contribution in [0.5, 0.6) is 5.75 Å². The Morgan fingerprint density at radius 2 is 1.85 bits per heavy atom. The van der Waals surface area contributed by atoms with E-state index in [0.717, 1.165) is 18.3 Å². The van der Waals surface area contributed by atoms with Gasteiger partial charge >= 0.3 is 18.9 Å². The highest BCUT2D eigenvalue weighted by molar-refractivity contribution is 6.21. The number of nitrogens with zero attached hydrogens (tertiary/aromatic N) is 3. The molecule has 1 aliphatic rings. The summed E-state index contributed by atoms with van der Waals surface area (Å²) in [5.41, 5.74) is -0.237. The van der Waals surface area contributed by atoms with Gasteiger partial charge in [0.15, 0.2) is 5.82 Å². The summed E-state index contributed by atoms with van der Waals surface area (Å²) < 4.78 is 66.8. The van der Waals surface area contributed by atoms with Crippen LogP contribution in [-0.2, 0) is 4.79 Å². The first kappa shape index (κ1) is 17.6. The number of alkyl halides is 5. The van der Waals surface area contributed by atoms with E-state index < -0.39 is 36.6 Å². The second kappa shape index (κ2) is 6.28.